The number of imide groups is 1. The molecule has 0 bridgehead atoms. The van der Waals surface area contributed by atoms with Crippen molar-refractivity contribution in [2.45, 2.75) is 18.9 Å². The van der Waals surface area contributed by atoms with Crippen LogP contribution in [0.5, 0.6) is 0 Å². The number of hydrogen-bond donors (Lipinski definition) is 0. The largest absolute Gasteiger partial charge is 0.338 e. The number of para-hydroxylation sites is 1. The number of piperidine rings is 1. The first kappa shape index (κ1) is 17.3. The minimum atomic E-state index is -0.265. The zero-order valence-corrected chi connectivity index (χ0v) is 15.0. The van der Waals surface area contributed by atoms with Gasteiger partial charge in [-0.05, 0) is 37.1 Å². The Kier molecular flexibility index (Phi) is 4.62. The second-order valence-electron chi connectivity index (χ2n) is 6.86. The van der Waals surface area contributed by atoms with E-state index < -0.39 is 0 Å². The third-order valence-corrected chi connectivity index (χ3v) is 5.22. The summed E-state index contributed by atoms with van der Waals surface area (Å²) < 4.78 is 0. The van der Waals surface area contributed by atoms with Crippen LogP contribution < -0.4 is 4.90 Å². The summed E-state index contributed by atoms with van der Waals surface area (Å²) in [7, 11) is 0. The lowest BCUT2D eigenvalue weighted by Crippen LogP contribution is -2.48. The first-order valence-electron chi connectivity index (χ1n) is 9.18. The van der Waals surface area contributed by atoms with Crippen molar-refractivity contribution in [3.8, 4) is 0 Å². The van der Waals surface area contributed by atoms with Crippen LogP contribution in [-0.4, -0.2) is 53.3 Å². The average Bonchev–Trinajstić information content (AvgIpc) is 3.03. The molecule has 6 heteroatoms. The van der Waals surface area contributed by atoms with Crippen LogP contribution in [0.3, 0.4) is 0 Å². The highest BCUT2D eigenvalue weighted by Crippen LogP contribution is 2.26. The summed E-state index contributed by atoms with van der Waals surface area (Å²) in [6.07, 6.45) is 1.36. The molecule has 2 aliphatic rings. The molecule has 0 spiro atoms. The summed E-state index contributed by atoms with van der Waals surface area (Å²) in [4.78, 5) is 42.5. The smallest absolute Gasteiger partial charge is 0.332 e. The van der Waals surface area contributed by atoms with E-state index in [9.17, 15) is 14.4 Å². The number of amides is 4. The monoisotopic (exact) mass is 363 g/mol. The van der Waals surface area contributed by atoms with E-state index in [-0.39, 0.29) is 30.4 Å². The van der Waals surface area contributed by atoms with Crippen molar-refractivity contribution in [1.29, 1.82) is 0 Å². The zero-order chi connectivity index (χ0) is 18.8. The highest BCUT2D eigenvalue weighted by atomic mass is 16.2. The van der Waals surface area contributed by atoms with Crippen molar-refractivity contribution in [3.63, 3.8) is 0 Å². The Morgan fingerprint density at radius 3 is 2.07 bits per heavy atom. The van der Waals surface area contributed by atoms with Gasteiger partial charge in [-0.25, -0.2) is 9.69 Å². The van der Waals surface area contributed by atoms with E-state index in [1.54, 1.807) is 17.0 Å². The van der Waals surface area contributed by atoms with Crippen LogP contribution in [0.25, 0.3) is 0 Å². The Morgan fingerprint density at radius 2 is 1.44 bits per heavy atom. The molecular formula is C21H21N3O3. The van der Waals surface area contributed by atoms with E-state index in [0.717, 1.165) is 0 Å². The second-order valence-corrected chi connectivity index (χ2v) is 6.86. The highest BCUT2D eigenvalue weighted by Gasteiger charge is 2.41. The molecule has 0 aromatic heterocycles. The molecule has 2 aromatic rings. The number of likely N-dealkylation sites (tertiary alicyclic amines) is 1. The second kappa shape index (κ2) is 7.23. The molecule has 0 atom stereocenters. The standard InChI is InChI=1S/C21H21N3O3/c25-19-15-23(21(27)24(19)18-9-5-2-6-10-18)17-11-13-22(14-12-17)20(26)16-7-3-1-4-8-16/h1-10,17H,11-15H2. The Bertz CT molecular complexity index is 845. The predicted molar refractivity (Wildman–Crippen MR) is 101 cm³/mol. The van der Waals surface area contributed by atoms with E-state index in [1.807, 2.05) is 53.4 Å². The lowest BCUT2D eigenvalue weighted by Gasteiger charge is -2.36. The average molecular weight is 363 g/mol. The van der Waals surface area contributed by atoms with Gasteiger partial charge in [-0.3, -0.25) is 9.59 Å². The van der Waals surface area contributed by atoms with Crippen molar-refractivity contribution in [2.24, 2.45) is 0 Å². The molecule has 2 fully saturated rings. The molecule has 27 heavy (non-hydrogen) atoms. The maximum Gasteiger partial charge on any atom is 0.332 e. The van der Waals surface area contributed by atoms with Gasteiger partial charge in [-0.15, -0.1) is 0 Å². The number of benzene rings is 2. The molecule has 138 valence electrons. The van der Waals surface area contributed by atoms with E-state index >= 15 is 0 Å². The van der Waals surface area contributed by atoms with E-state index in [1.165, 1.54) is 4.90 Å². The molecular weight excluding hydrogens is 342 g/mol. The summed E-state index contributed by atoms with van der Waals surface area (Å²) in [5.74, 6) is -0.183. The van der Waals surface area contributed by atoms with Gasteiger partial charge in [-0.1, -0.05) is 36.4 Å². The molecule has 2 saturated heterocycles. The number of anilines is 1. The topological polar surface area (TPSA) is 60.9 Å². The van der Waals surface area contributed by atoms with Gasteiger partial charge in [0.25, 0.3) is 11.8 Å². The molecule has 2 aliphatic heterocycles. The fourth-order valence-electron chi connectivity index (χ4n) is 3.78. The lowest BCUT2D eigenvalue weighted by atomic mass is 10.0. The van der Waals surface area contributed by atoms with Crippen molar-refractivity contribution in [3.05, 3.63) is 66.2 Å². The van der Waals surface area contributed by atoms with Crippen molar-refractivity contribution >= 4 is 23.5 Å². The van der Waals surface area contributed by atoms with Crippen molar-refractivity contribution in [2.75, 3.05) is 24.5 Å². The number of rotatable bonds is 3. The summed E-state index contributed by atoms with van der Waals surface area (Å²) >= 11 is 0. The van der Waals surface area contributed by atoms with Crippen LogP contribution in [0.1, 0.15) is 23.2 Å². The van der Waals surface area contributed by atoms with Gasteiger partial charge in [0.05, 0.1) is 5.69 Å². The fraction of sp³-hybridized carbons (Fsp3) is 0.286. The number of carbonyl (C=O) groups is 3. The Hall–Kier alpha value is -3.15. The van der Waals surface area contributed by atoms with Crippen LogP contribution in [0, 0.1) is 0 Å². The van der Waals surface area contributed by atoms with E-state index in [0.29, 0.717) is 37.2 Å². The summed E-state index contributed by atoms with van der Waals surface area (Å²) in [6.45, 7) is 1.27. The minimum absolute atomic E-state index is 0.0174. The van der Waals surface area contributed by atoms with Crippen molar-refractivity contribution in [1.82, 2.24) is 9.80 Å². The molecule has 0 aliphatic carbocycles. The molecule has 4 amide bonds. The molecule has 0 radical (unpaired) electrons. The molecule has 2 heterocycles. The molecule has 0 N–H and O–H groups in total. The molecule has 4 rings (SSSR count). The number of urea groups is 1. The van der Waals surface area contributed by atoms with Gasteiger partial charge >= 0.3 is 6.03 Å². The van der Waals surface area contributed by atoms with Gasteiger partial charge in [0.1, 0.15) is 6.54 Å². The minimum Gasteiger partial charge on any atom is -0.338 e. The van der Waals surface area contributed by atoms with Crippen LogP contribution in [0.2, 0.25) is 0 Å². The third-order valence-electron chi connectivity index (χ3n) is 5.22. The first-order chi connectivity index (χ1) is 13.1. The maximum absolute atomic E-state index is 12.8. The molecule has 0 unspecified atom stereocenters. The molecule has 6 nitrogen and oxygen atoms in total. The highest BCUT2D eigenvalue weighted by molar-refractivity contribution is 6.19. The zero-order valence-electron chi connectivity index (χ0n) is 15.0. The van der Waals surface area contributed by atoms with Crippen LogP contribution in [-0.2, 0) is 4.79 Å². The van der Waals surface area contributed by atoms with Crippen LogP contribution in [0.4, 0.5) is 10.5 Å². The summed E-state index contributed by atoms with van der Waals surface area (Å²) in [5.41, 5.74) is 1.28. The SMILES string of the molecule is O=C(c1ccccc1)N1CCC(N2CC(=O)N(c3ccccc3)C2=O)CC1. The Labute approximate surface area is 158 Å². The predicted octanol–water partition coefficient (Wildman–Crippen LogP) is 2.76. The number of carbonyl (C=O) groups excluding carboxylic acids is 3. The molecule has 0 saturated carbocycles. The maximum atomic E-state index is 12.8. The summed E-state index contributed by atoms with van der Waals surface area (Å²) in [5, 5.41) is 0. The number of hydrogen-bond acceptors (Lipinski definition) is 3. The molecule has 2 aromatic carbocycles. The van der Waals surface area contributed by atoms with Crippen LogP contribution in [0.15, 0.2) is 60.7 Å². The van der Waals surface area contributed by atoms with Crippen LogP contribution >= 0.6 is 0 Å². The fourth-order valence-corrected chi connectivity index (χ4v) is 3.78. The van der Waals surface area contributed by atoms with Gasteiger partial charge in [0, 0.05) is 24.7 Å². The Balaban J connectivity index is 1.41. The normalized spacial score (nSPS) is 18.3. The van der Waals surface area contributed by atoms with E-state index in [4.69, 9.17) is 0 Å². The van der Waals surface area contributed by atoms with E-state index in [2.05, 4.69) is 0 Å². The van der Waals surface area contributed by atoms with Gasteiger partial charge in [-0.2, -0.15) is 0 Å². The third kappa shape index (κ3) is 3.30. The van der Waals surface area contributed by atoms with Crippen molar-refractivity contribution < 1.29 is 14.4 Å². The van der Waals surface area contributed by atoms with Gasteiger partial charge in [0.2, 0.25) is 0 Å². The quantitative estimate of drug-likeness (QED) is 0.788. The van der Waals surface area contributed by atoms with Gasteiger partial charge in [0.15, 0.2) is 0 Å². The van der Waals surface area contributed by atoms with Gasteiger partial charge < -0.3 is 9.80 Å². The summed E-state index contributed by atoms with van der Waals surface area (Å²) in [6, 6.07) is 17.9. The number of nitrogens with zero attached hydrogens (tertiary/aromatic N) is 3. The first-order valence-corrected chi connectivity index (χ1v) is 9.18. The Morgan fingerprint density at radius 1 is 0.852 bits per heavy atom. The lowest BCUT2D eigenvalue weighted by molar-refractivity contribution is -0.116.